The molecular formula is C16H26N2O. The zero-order valence-corrected chi connectivity index (χ0v) is 12.5. The lowest BCUT2D eigenvalue weighted by Crippen LogP contribution is -2.33. The molecule has 0 heterocycles. The van der Waals surface area contributed by atoms with Gasteiger partial charge in [0, 0.05) is 19.0 Å². The number of aryl methyl sites for hydroxylation is 1. The second kappa shape index (κ2) is 6.71. The minimum absolute atomic E-state index is 0.0253. The number of benzene rings is 1. The molecule has 0 fully saturated rings. The first kappa shape index (κ1) is 15.7. The quantitative estimate of drug-likeness (QED) is 0.857. The van der Waals surface area contributed by atoms with Crippen LogP contribution in [0.25, 0.3) is 0 Å². The zero-order chi connectivity index (χ0) is 14.5. The van der Waals surface area contributed by atoms with Gasteiger partial charge >= 0.3 is 0 Å². The Balaban J connectivity index is 2.33. The molecule has 1 unspecified atom stereocenters. The van der Waals surface area contributed by atoms with Gasteiger partial charge in [-0.2, -0.15) is 0 Å². The summed E-state index contributed by atoms with van der Waals surface area (Å²) in [6, 6.07) is 8.09. The van der Waals surface area contributed by atoms with Crippen LogP contribution < -0.4 is 11.1 Å². The highest BCUT2D eigenvalue weighted by molar-refractivity contribution is 5.76. The molecule has 0 aromatic heterocycles. The van der Waals surface area contributed by atoms with E-state index in [1.165, 1.54) is 5.56 Å². The highest BCUT2D eigenvalue weighted by Crippen LogP contribution is 2.20. The lowest BCUT2D eigenvalue weighted by atomic mass is 9.87. The molecule has 0 spiro atoms. The molecule has 0 saturated heterocycles. The third-order valence-corrected chi connectivity index (χ3v) is 2.93. The number of carbonyl (C=O) groups excluding carboxylic acids is 1. The molecule has 0 aliphatic carbocycles. The molecule has 0 aliphatic heterocycles. The van der Waals surface area contributed by atoms with E-state index in [0.717, 1.165) is 12.0 Å². The van der Waals surface area contributed by atoms with Crippen molar-refractivity contribution in [2.75, 3.05) is 0 Å². The molecule has 3 nitrogen and oxygen atoms in total. The molecule has 0 aliphatic rings. The first-order valence-electron chi connectivity index (χ1n) is 6.84. The van der Waals surface area contributed by atoms with Gasteiger partial charge in [0.15, 0.2) is 0 Å². The SMILES string of the molecule is Cc1ccc(CNC(=O)CC(N)CC(C)(C)C)cc1. The van der Waals surface area contributed by atoms with Gasteiger partial charge < -0.3 is 11.1 Å². The average Bonchev–Trinajstić information content (AvgIpc) is 2.25. The Hall–Kier alpha value is -1.35. The maximum atomic E-state index is 11.8. The molecule has 106 valence electrons. The predicted molar refractivity (Wildman–Crippen MR) is 79.7 cm³/mol. The number of carbonyl (C=O) groups is 1. The normalized spacial score (nSPS) is 13.1. The van der Waals surface area contributed by atoms with Crippen molar-refractivity contribution < 1.29 is 4.79 Å². The number of nitrogens with two attached hydrogens (primary N) is 1. The van der Waals surface area contributed by atoms with E-state index in [9.17, 15) is 4.79 Å². The smallest absolute Gasteiger partial charge is 0.221 e. The highest BCUT2D eigenvalue weighted by atomic mass is 16.1. The number of hydrogen-bond acceptors (Lipinski definition) is 2. The molecule has 0 saturated carbocycles. The predicted octanol–water partition coefficient (Wildman–Crippen LogP) is 2.76. The van der Waals surface area contributed by atoms with E-state index in [-0.39, 0.29) is 17.4 Å². The standard InChI is InChI=1S/C16H26N2O/c1-12-5-7-13(8-6-12)11-18-15(19)9-14(17)10-16(2,3)4/h5-8,14H,9-11,17H2,1-4H3,(H,18,19). The van der Waals surface area contributed by atoms with Crippen LogP contribution in [-0.4, -0.2) is 11.9 Å². The summed E-state index contributed by atoms with van der Waals surface area (Å²) >= 11 is 0. The van der Waals surface area contributed by atoms with E-state index in [1.54, 1.807) is 0 Å². The van der Waals surface area contributed by atoms with Gasteiger partial charge in [-0.05, 0) is 24.3 Å². The van der Waals surface area contributed by atoms with Crippen molar-refractivity contribution in [2.24, 2.45) is 11.1 Å². The van der Waals surface area contributed by atoms with Crippen molar-refractivity contribution in [3.8, 4) is 0 Å². The third-order valence-electron chi connectivity index (χ3n) is 2.93. The van der Waals surface area contributed by atoms with Crippen LogP contribution in [0.3, 0.4) is 0 Å². The molecule has 0 radical (unpaired) electrons. The molecule has 1 amide bonds. The molecular weight excluding hydrogens is 236 g/mol. The molecule has 1 aromatic carbocycles. The van der Waals surface area contributed by atoms with Gasteiger partial charge in [-0.3, -0.25) is 4.79 Å². The van der Waals surface area contributed by atoms with Crippen molar-refractivity contribution in [2.45, 2.75) is 53.1 Å². The maximum Gasteiger partial charge on any atom is 0.221 e. The van der Waals surface area contributed by atoms with E-state index in [1.807, 2.05) is 31.2 Å². The summed E-state index contributed by atoms with van der Waals surface area (Å²) in [6.45, 7) is 9.03. The van der Waals surface area contributed by atoms with E-state index in [2.05, 4.69) is 26.1 Å². The first-order chi connectivity index (χ1) is 8.76. The Morgan fingerprint density at radius 3 is 2.37 bits per heavy atom. The van der Waals surface area contributed by atoms with Gasteiger partial charge in [-0.15, -0.1) is 0 Å². The second-order valence-corrected chi connectivity index (χ2v) is 6.49. The van der Waals surface area contributed by atoms with Crippen LogP contribution in [0.1, 0.15) is 44.7 Å². The highest BCUT2D eigenvalue weighted by Gasteiger charge is 2.17. The summed E-state index contributed by atoms with van der Waals surface area (Å²) in [5.41, 5.74) is 8.49. The van der Waals surface area contributed by atoms with Gasteiger partial charge in [0.1, 0.15) is 0 Å². The lowest BCUT2D eigenvalue weighted by molar-refractivity contribution is -0.121. The van der Waals surface area contributed by atoms with Gasteiger partial charge in [0.05, 0.1) is 0 Å². The van der Waals surface area contributed by atoms with Gasteiger partial charge in [-0.1, -0.05) is 50.6 Å². The van der Waals surface area contributed by atoms with Crippen molar-refractivity contribution in [3.63, 3.8) is 0 Å². The monoisotopic (exact) mass is 262 g/mol. The summed E-state index contributed by atoms with van der Waals surface area (Å²) in [6.07, 6.45) is 1.24. The van der Waals surface area contributed by atoms with E-state index < -0.39 is 0 Å². The summed E-state index contributed by atoms with van der Waals surface area (Å²) in [5, 5.41) is 2.92. The largest absolute Gasteiger partial charge is 0.352 e. The number of rotatable bonds is 5. The van der Waals surface area contributed by atoms with Crippen LogP contribution in [0, 0.1) is 12.3 Å². The van der Waals surface area contributed by atoms with Crippen LogP contribution in [-0.2, 0) is 11.3 Å². The van der Waals surface area contributed by atoms with E-state index in [0.29, 0.717) is 13.0 Å². The van der Waals surface area contributed by atoms with Crippen LogP contribution in [0.4, 0.5) is 0 Å². The lowest BCUT2D eigenvalue weighted by Gasteiger charge is -2.22. The molecule has 1 atom stereocenters. The minimum Gasteiger partial charge on any atom is -0.352 e. The average molecular weight is 262 g/mol. The molecule has 1 aromatic rings. The van der Waals surface area contributed by atoms with Crippen LogP contribution in [0.15, 0.2) is 24.3 Å². The van der Waals surface area contributed by atoms with Crippen LogP contribution in [0.5, 0.6) is 0 Å². The topological polar surface area (TPSA) is 55.1 Å². The fraction of sp³-hybridized carbons (Fsp3) is 0.562. The molecule has 3 heteroatoms. The molecule has 3 N–H and O–H groups in total. The zero-order valence-electron chi connectivity index (χ0n) is 12.5. The minimum atomic E-state index is -0.0713. The second-order valence-electron chi connectivity index (χ2n) is 6.49. The van der Waals surface area contributed by atoms with Crippen molar-refractivity contribution >= 4 is 5.91 Å². The third kappa shape index (κ3) is 6.97. The molecule has 0 bridgehead atoms. The summed E-state index contributed by atoms with van der Waals surface area (Å²) < 4.78 is 0. The van der Waals surface area contributed by atoms with E-state index >= 15 is 0 Å². The summed E-state index contributed by atoms with van der Waals surface area (Å²) in [7, 11) is 0. The van der Waals surface area contributed by atoms with Crippen molar-refractivity contribution in [1.82, 2.24) is 5.32 Å². The van der Waals surface area contributed by atoms with Gasteiger partial charge in [0.2, 0.25) is 5.91 Å². The Kier molecular flexibility index (Phi) is 5.55. The molecule has 1 rings (SSSR count). The first-order valence-corrected chi connectivity index (χ1v) is 6.84. The number of hydrogen-bond donors (Lipinski definition) is 2. The number of nitrogens with one attached hydrogen (secondary N) is 1. The summed E-state index contributed by atoms with van der Waals surface area (Å²) in [4.78, 5) is 11.8. The fourth-order valence-corrected chi connectivity index (χ4v) is 2.08. The van der Waals surface area contributed by atoms with E-state index in [4.69, 9.17) is 5.73 Å². The van der Waals surface area contributed by atoms with Crippen molar-refractivity contribution in [3.05, 3.63) is 35.4 Å². The fourth-order valence-electron chi connectivity index (χ4n) is 2.08. The van der Waals surface area contributed by atoms with Crippen LogP contribution >= 0.6 is 0 Å². The summed E-state index contributed by atoms with van der Waals surface area (Å²) in [5.74, 6) is 0.0253. The Morgan fingerprint density at radius 2 is 1.84 bits per heavy atom. The van der Waals surface area contributed by atoms with Crippen molar-refractivity contribution in [1.29, 1.82) is 0 Å². The molecule has 19 heavy (non-hydrogen) atoms. The Bertz CT molecular complexity index is 404. The Labute approximate surface area is 116 Å². The Morgan fingerprint density at radius 1 is 1.26 bits per heavy atom. The van der Waals surface area contributed by atoms with Crippen LogP contribution in [0.2, 0.25) is 0 Å². The van der Waals surface area contributed by atoms with Gasteiger partial charge in [-0.25, -0.2) is 0 Å². The number of amides is 1. The maximum absolute atomic E-state index is 11.8. The van der Waals surface area contributed by atoms with Gasteiger partial charge in [0.25, 0.3) is 0 Å².